The highest BCUT2D eigenvalue weighted by molar-refractivity contribution is 9.10. The van der Waals surface area contributed by atoms with E-state index < -0.39 is 26.6 Å². The molecule has 0 amide bonds. The minimum absolute atomic E-state index is 0.00449. The Morgan fingerprint density at radius 1 is 1.14 bits per heavy atom. The third kappa shape index (κ3) is 3.78. The fourth-order valence-electron chi connectivity index (χ4n) is 1.63. The lowest BCUT2D eigenvalue weighted by Gasteiger charge is -2.09. The van der Waals surface area contributed by atoms with Crippen molar-refractivity contribution in [3.63, 3.8) is 0 Å². The van der Waals surface area contributed by atoms with E-state index in [1.54, 1.807) is 18.2 Å². The fraction of sp³-hybridized carbons (Fsp3) is 0.0769. The van der Waals surface area contributed by atoms with Crippen LogP contribution in [-0.2, 0) is 16.6 Å². The fourth-order valence-corrected chi connectivity index (χ4v) is 2.68. The maximum absolute atomic E-state index is 13.7. The number of rotatable bonds is 4. The minimum Gasteiger partial charge on any atom is -0.486 e. The number of ether oxygens (including phenoxy) is 1. The van der Waals surface area contributed by atoms with E-state index in [-0.39, 0.29) is 12.4 Å². The van der Waals surface area contributed by atoms with E-state index in [0.29, 0.717) is 0 Å². The molecule has 8 heteroatoms. The largest absolute Gasteiger partial charge is 0.486 e. The van der Waals surface area contributed by atoms with Crippen LogP contribution in [0.1, 0.15) is 5.56 Å². The number of hydrogen-bond donors (Lipinski definition) is 1. The summed E-state index contributed by atoms with van der Waals surface area (Å²) >= 11 is 3.28. The molecule has 0 saturated carbocycles. The molecule has 0 radical (unpaired) electrons. The summed E-state index contributed by atoms with van der Waals surface area (Å²) in [6, 6.07) is 8.97. The lowest BCUT2D eigenvalue weighted by molar-refractivity contribution is 0.283. The third-order valence-electron chi connectivity index (χ3n) is 2.60. The van der Waals surface area contributed by atoms with Crippen molar-refractivity contribution >= 4 is 26.0 Å². The van der Waals surface area contributed by atoms with Crippen molar-refractivity contribution < 1.29 is 21.9 Å². The van der Waals surface area contributed by atoms with Crippen LogP contribution in [0.4, 0.5) is 8.78 Å². The van der Waals surface area contributed by atoms with Crippen LogP contribution in [0.25, 0.3) is 0 Å². The van der Waals surface area contributed by atoms with Gasteiger partial charge in [-0.1, -0.05) is 28.1 Å². The maximum atomic E-state index is 13.7. The van der Waals surface area contributed by atoms with E-state index in [9.17, 15) is 17.2 Å². The Kier molecular flexibility index (Phi) is 4.60. The van der Waals surface area contributed by atoms with E-state index in [4.69, 9.17) is 9.88 Å². The van der Waals surface area contributed by atoms with E-state index in [0.717, 1.165) is 22.2 Å². The van der Waals surface area contributed by atoms with Gasteiger partial charge in [0.1, 0.15) is 11.5 Å². The Labute approximate surface area is 128 Å². The number of benzene rings is 2. The van der Waals surface area contributed by atoms with Crippen LogP contribution in [0.2, 0.25) is 0 Å². The van der Waals surface area contributed by atoms with Crippen LogP contribution in [0, 0.1) is 11.6 Å². The van der Waals surface area contributed by atoms with Gasteiger partial charge in [-0.2, -0.15) is 4.39 Å². The predicted octanol–water partition coefficient (Wildman–Crippen LogP) is 2.95. The average molecular weight is 378 g/mol. The molecule has 112 valence electrons. The maximum Gasteiger partial charge on any atom is 0.241 e. The molecule has 0 fully saturated rings. The van der Waals surface area contributed by atoms with Crippen molar-refractivity contribution in [2.75, 3.05) is 0 Å². The summed E-state index contributed by atoms with van der Waals surface area (Å²) in [5, 5.41) is 4.78. The van der Waals surface area contributed by atoms with Gasteiger partial charge in [0.2, 0.25) is 15.8 Å². The molecule has 0 aliphatic rings. The Hall–Kier alpha value is -1.51. The third-order valence-corrected chi connectivity index (χ3v) is 4.02. The summed E-state index contributed by atoms with van der Waals surface area (Å²) in [5.74, 6) is -3.33. The van der Waals surface area contributed by atoms with Gasteiger partial charge in [-0.3, -0.25) is 0 Å². The highest BCUT2D eigenvalue weighted by atomic mass is 79.9. The van der Waals surface area contributed by atoms with Crippen molar-refractivity contribution in [1.82, 2.24) is 0 Å². The Morgan fingerprint density at radius 3 is 2.48 bits per heavy atom. The number of nitrogens with two attached hydrogens (primary N) is 1. The number of primary sulfonamides is 1. The predicted molar refractivity (Wildman–Crippen MR) is 76.2 cm³/mol. The molecule has 0 atom stereocenters. The van der Waals surface area contributed by atoms with Gasteiger partial charge in [0.05, 0.1) is 0 Å². The summed E-state index contributed by atoms with van der Waals surface area (Å²) < 4.78 is 55.5. The molecular weight excluding hydrogens is 368 g/mol. The number of sulfonamides is 1. The smallest absolute Gasteiger partial charge is 0.241 e. The second kappa shape index (κ2) is 6.08. The molecule has 0 spiro atoms. The number of hydrogen-bond acceptors (Lipinski definition) is 3. The summed E-state index contributed by atoms with van der Waals surface area (Å²) in [4.78, 5) is -0.908. The Balaban J connectivity index is 2.24. The van der Waals surface area contributed by atoms with Crippen molar-refractivity contribution in [3.8, 4) is 5.75 Å². The van der Waals surface area contributed by atoms with Gasteiger partial charge in [-0.15, -0.1) is 0 Å². The molecule has 0 aromatic heterocycles. The van der Waals surface area contributed by atoms with Gasteiger partial charge in [0, 0.05) is 4.47 Å². The van der Waals surface area contributed by atoms with Crippen LogP contribution < -0.4 is 9.88 Å². The Morgan fingerprint density at radius 2 is 1.86 bits per heavy atom. The second-order valence-electron chi connectivity index (χ2n) is 4.15. The van der Waals surface area contributed by atoms with Crippen LogP contribution in [-0.4, -0.2) is 8.42 Å². The summed E-state index contributed by atoms with van der Waals surface area (Å²) in [6.07, 6.45) is 0. The molecule has 2 N–H and O–H groups in total. The molecular formula is C13H10BrF2NO3S. The molecule has 4 nitrogen and oxygen atoms in total. The lowest BCUT2D eigenvalue weighted by atomic mass is 10.2. The first-order chi connectivity index (χ1) is 9.79. The number of halogens is 3. The van der Waals surface area contributed by atoms with Crippen LogP contribution in [0.5, 0.6) is 5.75 Å². The van der Waals surface area contributed by atoms with Gasteiger partial charge >= 0.3 is 0 Å². The first-order valence-electron chi connectivity index (χ1n) is 5.67. The molecule has 21 heavy (non-hydrogen) atoms. The van der Waals surface area contributed by atoms with E-state index in [1.807, 2.05) is 6.07 Å². The van der Waals surface area contributed by atoms with Gasteiger partial charge in [0.15, 0.2) is 11.6 Å². The first-order valence-corrected chi connectivity index (χ1v) is 8.01. The molecule has 0 heterocycles. The van der Waals surface area contributed by atoms with Crippen LogP contribution in [0.15, 0.2) is 45.8 Å². The standard InChI is InChI=1S/C13H10BrF2NO3S/c14-9-3-1-2-8(6-9)7-20-10-4-5-11(21(17,18)19)13(16)12(10)15/h1-6H,7H2,(H2,17,18,19). The van der Waals surface area contributed by atoms with Crippen molar-refractivity contribution in [2.45, 2.75) is 11.5 Å². The zero-order chi connectivity index (χ0) is 15.6. The van der Waals surface area contributed by atoms with Gasteiger partial charge in [-0.25, -0.2) is 17.9 Å². The van der Waals surface area contributed by atoms with Crippen molar-refractivity contribution in [3.05, 3.63) is 58.1 Å². The van der Waals surface area contributed by atoms with E-state index in [1.165, 1.54) is 0 Å². The molecule has 2 rings (SSSR count). The van der Waals surface area contributed by atoms with Crippen LogP contribution >= 0.6 is 15.9 Å². The van der Waals surface area contributed by atoms with Gasteiger partial charge in [0.25, 0.3) is 0 Å². The summed E-state index contributed by atoms with van der Waals surface area (Å²) in [6.45, 7) is 0.00449. The highest BCUT2D eigenvalue weighted by Gasteiger charge is 2.21. The Bertz CT molecular complexity index is 781. The van der Waals surface area contributed by atoms with E-state index in [2.05, 4.69) is 15.9 Å². The topological polar surface area (TPSA) is 69.4 Å². The molecule has 0 aliphatic carbocycles. The molecule has 0 saturated heterocycles. The van der Waals surface area contributed by atoms with E-state index >= 15 is 0 Å². The SMILES string of the molecule is NS(=O)(=O)c1ccc(OCc2cccc(Br)c2)c(F)c1F. The van der Waals surface area contributed by atoms with Gasteiger partial charge < -0.3 is 4.74 Å². The molecule has 0 aliphatic heterocycles. The molecule has 0 unspecified atom stereocenters. The minimum atomic E-state index is -4.32. The quantitative estimate of drug-likeness (QED) is 0.890. The summed E-state index contributed by atoms with van der Waals surface area (Å²) in [7, 11) is -4.32. The first kappa shape index (κ1) is 15.9. The summed E-state index contributed by atoms with van der Waals surface area (Å²) in [5.41, 5.74) is 0.736. The average Bonchev–Trinajstić information content (AvgIpc) is 2.39. The van der Waals surface area contributed by atoms with Crippen molar-refractivity contribution in [2.24, 2.45) is 5.14 Å². The molecule has 0 bridgehead atoms. The zero-order valence-electron chi connectivity index (χ0n) is 10.5. The highest BCUT2D eigenvalue weighted by Crippen LogP contribution is 2.25. The van der Waals surface area contributed by atoms with Crippen LogP contribution in [0.3, 0.4) is 0 Å². The zero-order valence-corrected chi connectivity index (χ0v) is 12.9. The van der Waals surface area contributed by atoms with Gasteiger partial charge in [-0.05, 0) is 29.8 Å². The monoisotopic (exact) mass is 377 g/mol. The lowest BCUT2D eigenvalue weighted by Crippen LogP contribution is -2.15. The van der Waals surface area contributed by atoms with Crippen molar-refractivity contribution in [1.29, 1.82) is 0 Å². The second-order valence-corrected chi connectivity index (χ2v) is 6.60. The normalized spacial score (nSPS) is 11.4. The molecule has 2 aromatic carbocycles. The molecule has 2 aromatic rings.